The standard InChI is InChI=1S/C9H15N3S2/c1-7-10-8(12-11-7)14-6-9(5-13)3-2-4-9/h13H,2-6H2,1H3,(H,10,11,12). The van der Waals surface area contributed by atoms with E-state index < -0.39 is 0 Å². The van der Waals surface area contributed by atoms with Gasteiger partial charge in [0.25, 0.3) is 0 Å². The second-order valence-corrected chi connectivity index (χ2v) is 5.26. The smallest absolute Gasteiger partial charge is 0.208 e. The normalized spacial score (nSPS) is 19.3. The van der Waals surface area contributed by atoms with Gasteiger partial charge in [0, 0.05) is 5.75 Å². The Labute approximate surface area is 93.9 Å². The first-order valence-corrected chi connectivity index (χ1v) is 6.49. The molecule has 1 fully saturated rings. The second-order valence-electron chi connectivity index (χ2n) is 4.00. The Hall–Kier alpha value is -0.160. The molecule has 0 amide bonds. The maximum Gasteiger partial charge on any atom is 0.208 e. The largest absolute Gasteiger partial charge is 0.262 e. The highest BCUT2D eigenvalue weighted by Gasteiger charge is 2.35. The average molecular weight is 229 g/mol. The van der Waals surface area contributed by atoms with Gasteiger partial charge in [0.05, 0.1) is 0 Å². The molecule has 78 valence electrons. The lowest BCUT2D eigenvalue weighted by Crippen LogP contribution is -2.33. The number of nitrogens with zero attached hydrogens (tertiary/aromatic N) is 2. The van der Waals surface area contributed by atoms with Crippen LogP contribution in [0.1, 0.15) is 25.1 Å². The van der Waals surface area contributed by atoms with Crippen molar-refractivity contribution in [3.63, 3.8) is 0 Å². The number of H-pyrrole nitrogens is 1. The third kappa shape index (κ3) is 2.08. The lowest BCUT2D eigenvalue weighted by atomic mass is 9.72. The zero-order valence-electron chi connectivity index (χ0n) is 8.29. The van der Waals surface area contributed by atoms with Gasteiger partial charge in [-0.1, -0.05) is 18.2 Å². The lowest BCUT2D eigenvalue weighted by Gasteiger charge is -2.40. The molecular weight excluding hydrogens is 214 g/mol. The SMILES string of the molecule is Cc1nc(SCC2(CS)CCC2)n[nH]1. The summed E-state index contributed by atoms with van der Waals surface area (Å²) in [6, 6.07) is 0. The van der Waals surface area contributed by atoms with Gasteiger partial charge in [0.2, 0.25) is 5.16 Å². The van der Waals surface area contributed by atoms with Gasteiger partial charge < -0.3 is 0 Å². The van der Waals surface area contributed by atoms with Gasteiger partial charge in [0.15, 0.2) is 0 Å². The van der Waals surface area contributed by atoms with E-state index in [1.807, 2.05) is 6.92 Å². The van der Waals surface area contributed by atoms with Crippen molar-refractivity contribution < 1.29 is 0 Å². The van der Waals surface area contributed by atoms with Gasteiger partial charge in [-0.25, -0.2) is 4.98 Å². The Morgan fingerprint density at radius 2 is 2.36 bits per heavy atom. The maximum absolute atomic E-state index is 4.42. The van der Waals surface area contributed by atoms with Crippen molar-refractivity contribution >= 4 is 24.4 Å². The number of rotatable bonds is 4. The van der Waals surface area contributed by atoms with Gasteiger partial charge in [0.1, 0.15) is 5.82 Å². The average Bonchev–Trinajstić information content (AvgIpc) is 2.50. The van der Waals surface area contributed by atoms with Crippen LogP contribution in [0.5, 0.6) is 0 Å². The van der Waals surface area contributed by atoms with Crippen LogP contribution in [-0.2, 0) is 0 Å². The van der Waals surface area contributed by atoms with Gasteiger partial charge in [-0.05, 0) is 30.9 Å². The first-order valence-electron chi connectivity index (χ1n) is 4.87. The monoisotopic (exact) mass is 229 g/mol. The van der Waals surface area contributed by atoms with Crippen LogP contribution in [0.3, 0.4) is 0 Å². The molecule has 1 N–H and O–H groups in total. The molecule has 0 aliphatic heterocycles. The molecule has 0 unspecified atom stereocenters. The van der Waals surface area contributed by atoms with Crippen LogP contribution < -0.4 is 0 Å². The van der Waals surface area contributed by atoms with E-state index in [2.05, 4.69) is 27.8 Å². The fraction of sp³-hybridized carbons (Fsp3) is 0.778. The van der Waals surface area contributed by atoms with Crippen LogP contribution in [0.2, 0.25) is 0 Å². The van der Waals surface area contributed by atoms with Crippen molar-refractivity contribution in [2.24, 2.45) is 5.41 Å². The summed E-state index contributed by atoms with van der Waals surface area (Å²) in [5.41, 5.74) is 0.461. The lowest BCUT2D eigenvalue weighted by molar-refractivity contribution is 0.205. The van der Waals surface area contributed by atoms with Crippen molar-refractivity contribution in [2.45, 2.75) is 31.3 Å². The Balaban J connectivity index is 1.87. The molecule has 1 aromatic rings. The number of hydrogen-bond acceptors (Lipinski definition) is 4. The van der Waals surface area contributed by atoms with E-state index in [-0.39, 0.29) is 0 Å². The Morgan fingerprint density at radius 3 is 2.79 bits per heavy atom. The minimum atomic E-state index is 0.461. The molecule has 1 aliphatic rings. The third-order valence-corrected chi connectivity index (χ3v) is 4.70. The molecule has 2 rings (SSSR count). The predicted octanol–water partition coefficient (Wildman–Crippen LogP) is 2.31. The molecule has 1 aromatic heterocycles. The molecule has 0 radical (unpaired) electrons. The van der Waals surface area contributed by atoms with Crippen molar-refractivity contribution in [1.29, 1.82) is 0 Å². The highest BCUT2D eigenvalue weighted by Crippen LogP contribution is 2.44. The molecule has 1 heterocycles. The van der Waals surface area contributed by atoms with Crippen LogP contribution in [0.4, 0.5) is 0 Å². The van der Waals surface area contributed by atoms with Gasteiger partial charge in [-0.15, -0.1) is 5.10 Å². The number of hydrogen-bond donors (Lipinski definition) is 2. The number of aromatic amines is 1. The molecule has 3 nitrogen and oxygen atoms in total. The molecule has 0 bridgehead atoms. The summed E-state index contributed by atoms with van der Waals surface area (Å²) in [7, 11) is 0. The van der Waals surface area contributed by atoms with Crippen molar-refractivity contribution in [3.8, 4) is 0 Å². The molecule has 0 atom stereocenters. The zero-order chi connectivity index (χ0) is 10.0. The summed E-state index contributed by atoms with van der Waals surface area (Å²) >= 11 is 6.17. The molecular formula is C9H15N3S2. The summed E-state index contributed by atoms with van der Waals surface area (Å²) in [5, 5.41) is 7.84. The van der Waals surface area contributed by atoms with Gasteiger partial charge >= 0.3 is 0 Å². The van der Waals surface area contributed by atoms with Crippen LogP contribution in [0.25, 0.3) is 0 Å². The minimum absolute atomic E-state index is 0.461. The first kappa shape index (κ1) is 10.4. The van der Waals surface area contributed by atoms with E-state index in [0.29, 0.717) is 5.41 Å². The summed E-state index contributed by atoms with van der Waals surface area (Å²) in [6.07, 6.45) is 3.98. The number of thioether (sulfide) groups is 1. The van der Waals surface area contributed by atoms with Crippen molar-refractivity contribution in [2.75, 3.05) is 11.5 Å². The van der Waals surface area contributed by atoms with E-state index in [4.69, 9.17) is 0 Å². The Bertz CT molecular complexity index is 301. The molecule has 0 aromatic carbocycles. The summed E-state index contributed by atoms with van der Waals surface area (Å²) < 4.78 is 0. The van der Waals surface area contributed by atoms with Crippen molar-refractivity contribution in [1.82, 2.24) is 15.2 Å². The molecule has 0 spiro atoms. The Morgan fingerprint density at radius 1 is 1.57 bits per heavy atom. The van der Waals surface area contributed by atoms with E-state index in [0.717, 1.165) is 22.5 Å². The van der Waals surface area contributed by atoms with E-state index >= 15 is 0 Å². The topological polar surface area (TPSA) is 41.6 Å². The van der Waals surface area contributed by atoms with Crippen LogP contribution in [0, 0.1) is 12.3 Å². The maximum atomic E-state index is 4.42. The third-order valence-electron chi connectivity index (χ3n) is 2.83. The Kier molecular flexibility index (Phi) is 3.07. The highest BCUT2D eigenvalue weighted by atomic mass is 32.2. The summed E-state index contributed by atoms with van der Waals surface area (Å²) in [4.78, 5) is 4.28. The van der Waals surface area contributed by atoms with Crippen LogP contribution in [0.15, 0.2) is 5.16 Å². The molecule has 1 saturated carbocycles. The van der Waals surface area contributed by atoms with Crippen LogP contribution >= 0.6 is 24.4 Å². The number of aryl methyl sites for hydroxylation is 1. The summed E-state index contributed by atoms with van der Waals surface area (Å²) in [6.45, 7) is 1.93. The number of aromatic nitrogens is 3. The fourth-order valence-electron chi connectivity index (χ4n) is 1.63. The second kappa shape index (κ2) is 4.14. The number of nitrogens with one attached hydrogen (secondary N) is 1. The molecule has 0 saturated heterocycles. The van der Waals surface area contributed by atoms with E-state index in [1.54, 1.807) is 11.8 Å². The van der Waals surface area contributed by atoms with E-state index in [1.165, 1.54) is 19.3 Å². The molecule has 5 heteroatoms. The zero-order valence-corrected chi connectivity index (χ0v) is 10.00. The van der Waals surface area contributed by atoms with Gasteiger partial charge in [-0.3, -0.25) is 5.10 Å². The first-order chi connectivity index (χ1) is 6.74. The molecule has 1 aliphatic carbocycles. The van der Waals surface area contributed by atoms with Crippen molar-refractivity contribution in [3.05, 3.63) is 5.82 Å². The molecule has 14 heavy (non-hydrogen) atoms. The highest BCUT2D eigenvalue weighted by molar-refractivity contribution is 7.99. The van der Waals surface area contributed by atoms with E-state index in [9.17, 15) is 0 Å². The minimum Gasteiger partial charge on any atom is -0.262 e. The summed E-state index contributed by atoms with van der Waals surface area (Å²) in [5.74, 6) is 2.98. The fourth-order valence-corrected chi connectivity index (χ4v) is 3.35. The van der Waals surface area contributed by atoms with Gasteiger partial charge in [-0.2, -0.15) is 12.6 Å². The predicted molar refractivity (Wildman–Crippen MR) is 62.0 cm³/mol. The van der Waals surface area contributed by atoms with Crippen LogP contribution in [-0.4, -0.2) is 26.7 Å². The quantitative estimate of drug-likeness (QED) is 0.615. The number of thiol groups is 1.